The summed E-state index contributed by atoms with van der Waals surface area (Å²) in [5.74, 6) is -0.0294. The molecule has 0 fully saturated rings. The number of likely N-dealkylation sites (N-methyl/N-ethyl adjacent to an activating group) is 1. The lowest BCUT2D eigenvalue weighted by atomic mass is 10.1. The number of nitrogens with one attached hydrogen (secondary N) is 1. The first-order valence-electron chi connectivity index (χ1n) is 9.21. The number of carbonyl (C=O) groups is 1. The Morgan fingerprint density at radius 3 is 2.70 bits per heavy atom. The molecular formula is C22H27N3O2. The Kier molecular flexibility index (Phi) is 8.50. The molecule has 1 N–H and O–H groups in total. The van der Waals surface area contributed by atoms with Crippen molar-refractivity contribution >= 4 is 5.91 Å². The Bertz CT molecular complexity index is 783. The summed E-state index contributed by atoms with van der Waals surface area (Å²) in [5, 5.41) is 12.0. The van der Waals surface area contributed by atoms with Crippen LogP contribution in [0.3, 0.4) is 0 Å². The first-order chi connectivity index (χ1) is 13.1. The van der Waals surface area contributed by atoms with Gasteiger partial charge >= 0.3 is 0 Å². The highest BCUT2D eigenvalue weighted by atomic mass is 16.5. The zero-order chi connectivity index (χ0) is 19.5. The maximum absolute atomic E-state index is 12.3. The van der Waals surface area contributed by atoms with Crippen LogP contribution in [0.5, 0.6) is 0 Å². The molecule has 0 aliphatic carbocycles. The maximum atomic E-state index is 12.3. The molecule has 0 aliphatic rings. The van der Waals surface area contributed by atoms with Crippen molar-refractivity contribution in [1.82, 2.24) is 10.2 Å². The molecule has 0 heterocycles. The zero-order valence-corrected chi connectivity index (χ0v) is 16.1. The maximum Gasteiger partial charge on any atom is 0.234 e. The molecule has 0 saturated heterocycles. The topological polar surface area (TPSA) is 65.4 Å². The van der Waals surface area contributed by atoms with E-state index in [0.717, 1.165) is 29.7 Å². The normalized spacial score (nSPS) is 10.6. The molecular weight excluding hydrogens is 338 g/mol. The molecule has 2 aromatic rings. The first-order valence-corrected chi connectivity index (χ1v) is 9.21. The van der Waals surface area contributed by atoms with Crippen molar-refractivity contribution < 1.29 is 9.53 Å². The lowest BCUT2D eigenvalue weighted by molar-refractivity contribution is -0.122. The van der Waals surface area contributed by atoms with Crippen molar-refractivity contribution in [2.45, 2.75) is 33.0 Å². The number of hydrogen-bond acceptors (Lipinski definition) is 4. The third kappa shape index (κ3) is 7.22. The first kappa shape index (κ1) is 20.6. The van der Waals surface area contributed by atoms with E-state index in [0.29, 0.717) is 31.8 Å². The van der Waals surface area contributed by atoms with Crippen LogP contribution in [0.25, 0.3) is 0 Å². The predicted octanol–water partition coefficient (Wildman–Crippen LogP) is 3.23. The average Bonchev–Trinajstić information content (AvgIpc) is 2.67. The van der Waals surface area contributed by atoms with Crippen molar-refractivity contribution in [2.24, 2.45) is 0 Å². The summed E-state index contributed by atoms with van der Waals surface area (Å²) >= 11 is 0. The van der Waals surface area contributed by atoms with Crippen molar-refractivity contribution in [2.75, 3.05) is 20.2 Å². The van der Waals surface area contributed by atoms with Gasteiger partial charge in [-0.15, -0.1) is 0 Å². The fourth-order valence-corrected chi connectivity index (χ4v) is 2.80. The van der Waals surface area contributed by atoms with Crippen molar-refractivity contribution in [3.05, 3.63) is 70.8 Å². The standard InChI is InChI=1S/C22H27N3O2/c1-3-11-27-17-21-10-5-4-9-20(21)14-24-22(26)16-25(2)15-19-8-6-7-18(12-19)13-23/h4-10,12H,3,11,14-17H2,1-2H3,(H,24,26). The van der Waals surface area contributed by atoms with E-state index in [1.165, 1.54) is 0 Å². The quantitative estimate of drug-likeness (QED) is 0.657. The molecule has 27 heavy (non-hydrogen) atoms. The largest absolute Gasteiger partial charge is 0.377 e. The van der Waals surface area contributed by atoms with E-state index >= 15 is 0 Å². The monoisotopic (exact) mass is 365 g/mol. The minimum absolute atomic E-state index is 0.0294. The lowest BCUT2D eigenvalue weighted by Crippen LogP contribution is -2.34. The van der Waals surface area contributed by atoms with Crippen molar-refractivity contribution in [3.8, 4) is 6.07 Å². The molecule has 2 aromatic carbocycles. The van der Waals surface area contributed by atoms with Gasteiger partial charge in [0, 0.05) is 19.7 Å². The zero-order valence-electron chi connectivity index (χ0n) is 16.1. The van der Waals surface area contributed by atoms with Gasteiger partial charge in [-0.1, -0.05) is 43.3 Å². The van der Waals surface area contributed by atoms with Crippen LogP contribution < -0.4 is 5.32 Å². The van der Waals surface area contributed by atoms with E-state index in [1.54, 1.807) is 6.07 Å². The van der Waals surface area contributed by atoms with Crippen LogP contribution >= 0.6 is 0 Å². The van der Waals surface area contributed by atoms with Gasteiger partial charge in [0.2, 0.25) is 5.91 Å². The molecule has 0 saturated carbocycles. The molecule has 0 aromatic heterocycles. The summed E-state index contributed by atoms with van der Waals surface area (Å²) in [4.78, 5) is 14.2. The second-order valence-electron chi connectivity index (χ2n) is 6.58. The number of nitrogens with zero attached hydrogens (tertiary/aromatic N) is 2. The minimum Gasteiger partial charge on any atom is -0.377 e. The van der Waals surface area contributed by atoms with Crippen LogP contribution in [0.4, 0.5) is 0 Å². The molecule has 0 bridgehead atoms. The van der Waals surface area contributed by atoms with Crippen LogP contribution in [-0.2, 0) is 29.2 Å². The summed E-state index contributed by atoms with van der Waals surface area (Å²) in [6, 6.07) is 17.6. The van der Waals surface area contributed by atoms with Gasteiger partial charge in [-0.05, 0) is 42.3 Å². The number of amides is 1. The van der Waals surface area contributed by atoms with E-state index in [-0.39, 0.29) is 5.91 Å². The number of carbonyl (C=O) groups excluding carboxylic acids is 1. The van der Waals surface area contributed by atoms with E-state index < -0.39 is 0 Å². The van der Waals surface area contributed by atoms with Gasteiger partial charge in [-0.2, -0.15) is 5.26 Å². The predicted molar refractivity (Wildman–Crippen MR) is 106 cm³/mol. The second kappa shape index (κ2) is 11.1. The van der Waals surface area contributed by atoms with Gasteiger partial charge < -0.3 is 10.1 Å². The van der Waals surface area contributed by atoms with Crippen LogP contribution in [0.1, 0.15) is 35.6 Å². The van der Waals surface area contributed by atoms with Crippen LogP contribution in [0.2, 0.25) is 0 Å². The summed E-state index contributed by atoms with van der Waals surface area (Å²) < 4.78 is 5.62. The molecule has 142 valence electrons. The molecule has 5 heteroatoms. The molecule has 2 rings (SSSR count). The molecule has 0 spiro atoms. The van der Waals surface area contributed by atoms with Crippen LogP contribution in [-0.4, -0.2) is 31.0 Å². The smallest absolute Gasteiger partial charge is 0.234 e. The van der Waals surface area contributed by atoms with Gasteiger partial charge in [0.15, 0.2) is 0 Å². The number of benzene rings is 2. The Hall–Kier alpha value is -2.68. The van der Waals surface area contributed by atoms with E-state index in [4.69, 9.17) is 10.00 Å². The fraction of sp³-hybridized carbons (Fsp3) is 0.364. The molecule has 0 aliphatic heterocycles. The SMILES string of the molecule is CCCOCc1ccccc1CNC(=O)CN(C)Cc1cccc(C#N)c1. The summed E-state index contributed by atoms with van der Waals surface area (Å²) in [7, 11) is 1.89. The molecule has 0 atom stereocenters. The molecule has 5 nitrogen and oxygen atoms in total. The van der Waals surface area contributed by atoms with Crippen LogP contribution in [0.15, 0.2) is 48.5 Å². The number of rotatable bonds is 10. The minimum atomic E-state index is -0.0294. The van der Waals surface area contributed by atoms with Gasteiger partial charge in [0.1, 0.15) is 0 Å². The van der Waals surface area contributed by atoms with Crippen molar-refractivity contribution in [3.63, 3.8) is 0 Å². The second-order valence-corrected chi connectivity index (χ2v) is 6.58. The molecule has 1 amide bonds. The highest BCUT2D eigenvalue weighted by molar-refractivity contribution is 5.78. The summed E-state index contributed by atoms with van der Waals surface area (Å²) in [6.45, 7) is 4.78. The van der Waals surface area contributed by atoms with E-state index in [1.807, 2.05) is 54.4 Å². The summed E-state index contributed by atoms with van der Waals surface area (Å²) in [5.41, 5.74) is 3.83. The van der Waals surface area contributed by atoms with E-state index in [2.05, 4.69) is 18.3 Å². The van der Waals surface area contributed by atoms with Gasteiger partial charge in [-0.3, -0.25) is 9.69 Å². The van der Waals surface area contributed by atoms with Crippen LogP contribution in [0, 0.1) is 11.3 Å². The Morgan fingerprint density at radius 1 is 1.19 bits per heavy atom. The third-order valence-electron chi connectivity index (χ3n) is 4.12. The fourth-order valence-electron chi connectivity index (χ4n) is 2.80. The Morgan fingerprint density at radius 2 is 1.96 bits per heavy atom. The van der Waals surface area contributed by atoms with Gasteiger partial charge in [0.05, 0.1) is 24.8 Å². The average molecular weight is 365 g/mol. The van der Waals surface area contributed by atoms with Gasteiger partial charge in [0.25, 0.3) is 0 Å². The molecule has 0 unspecified atom stereocenters. The lowest BCUT2D eigenvalue weighted by Gasteiger charge is -2.17. The summed E-state index contributed by atoms with van der Waals surface area (Å²) in [6.07, 6.45) is 0.989. The van der Waals surface area contributed by atoms with Gasteiger partial charge in [-0.25, -0.2) is 0 Å². The Labute approximate surface area is 161 Å². The van der Waals surface area contributed by atoms with Crippen molar-refractivity contribution in [1.29, 1.82) is 5.26 Å². The third-order valence-corrected chi connectivity index (χ3v) is 4.12. The highest BCUT2D eigenvalue weighted by Crippen LogP contribution is 2.10. The number of nitriles is 1. The number of ether oxygens (including phenoxy) is 1. The Balaban J connectivity index is 1.82. The van der Waals surface area contributed by atoms with E-state index in [9.17, 15) is 4.79 Å². The number of hydrogen-bond donors (Lipinski definition) is 1. The highest BCUT2D eigenvalue weighted by Gasteiger charge is 2.09. The molecule has 0 radical (unpaired) electrons.